The van der Waals surface area contributed by atoms with Crippen LogP contribution in [0.1, 0.15) is 31.3 Å². The Balaban J connectivity index is 1.61. The van der Waals surface area contributed by atoms with E-state index >= 15 is 0 Å². The summed E-state index contributed by atoms with van der Waals surface area (Å²) in [6, 6.07) is 7.98. The molecule has 1 aromatic carbocycles. The topological polar surface area (TPSA) is 71.3 Å². The van der Waals surface area contributed by atoms with Crippen molar-refractivity contribution >= 4 is 0 Å². The van der Waals surface area contributed by atoms with Gasteiger partial charge in [-0.1, -0.05) is 0 Å². The van der Waals surface area contributed by atoms with Crippen molar-refractivity contribution in [2.75, 3.05) is 13.7 Å². The van der Waals surface area contributed by atoms with Crippen LogP contribution in [0.25, 0.3) is 22.6 Å². The summed E-state index contributed by atoms with van der Waals surface area (Å²) in [5.41, 5.74) is 0.238. The Bertz CT molecular complexity index is 1410. The van der Waals surface area contributed by atoms with Crippen molar-refractivity contribution in [1.82, 2.24) is 19.5 Å². The van der Waals surface area contributed by atoms with Gasteiger partial charge in [-0.25, -0.2) is 14.4 Å². The molecule has 4 aromatic rings. The highest BCUT2D eigenvalue weighted by molar-refractivity contribution is 5.71. The zero-order valence-electron chi connectivity index (χ0n) is 20.6. The van der Waals surface area contributed by atoms with Crippen LogP contribution in [0.2, 0.25) is 0 Å². The molecule has 0 saturated carbocycles. The number of methoxy groups -OCH3 is 1. The summed E-state index contributed by atoms with van der Waals surface area (Å²) in [4.78, 5) is 12.0. The number of nitrogens with zero attached hydrogens (tertiary/aromatic N) is 4. The molecule has 0 N–H and O–H groups in total. The fraction of sp³-hybridized carbons (Fsp3) is 0.269. The van der Waals surface area contributed by atoms with Crippen LogP contribution in [0.4, 0.5) is 22.0 Å². The number of benzene rings is 1. The SMILES string of the molecule is CCOC(C)n1cc(-c2ccc(OCc3ncc(C(F)(F)F)cc3F)cc2OC)nc1-c1ccc(F)nc1. The number of hydrogen-bond acceptors (Lipinski definition) is 6. The lowest BCUT2D eigenvalue weighted by Gasteiger charge is -2.16. The van der Waals surface area contributed by atoms with E-state index in [1.807, 2.05) is 13.8 Å². The second kappa shape index (κ2) is 11.1. The summed E-state index contributed by atoms with van der Waals surface area (Å²) in [7, 11) is 1.45. The van der Waals surface area contributed by atoms with E-state index in [1.54, 1.807) is 35.0 Å². The van der Waals surface area contributed by atoms with Crippen LogP contribution in [-0.2, 0) is 17.5 Å². The van der Waals surface area contributed by atoms with E-state index < -0.39 is 30.1 Å². The average molecular weight is 534 g/mol. The Morgan fingerprint density at radius 2 is 1.82 bits per heavy atom. The van der Waals surface area contributed by atoms with Crippen LogP contribution in [0.3, 0.4) is 0 Å². The number of hydrogen-bond donors (Lipinski definition) is 0. The van der Waals surface area contributed by atoms with Gasteiger partial charge in [-0.05, 0) is 44.2 Å². The van der Waals surface area contributed by atoms with E-state index in [1.165, 1.54) is 19.4 Å². The quantitative estimate of drug-likeness (QED) is 0.182. The highest BCUT2D eigenvalue weighted by Gasteiger charge is 2.32. The molecule has 0 bridgehead atoms. The largest absolute Gasteiger partial charge is 0.496 e. The van der Waals surface area contributed by atoms with Crippen molar-refractivity contribution in [1.29, 1.82) is 0 Å². The lowest BCUT2D eigenvalue weighted by atomic mass is 10.1. The molecule has 0 aliphatic rings. The van der Waals surface area contributed by atoms with Gasteiger partial charge in [-0.3, -0.25) is 4.98 Å². The number of aromatic nitrogens is 4. The third-order valence-electron chi connectivity index (χ3n) is 5.59. The van der Waals surface area contributed by atoms with Gasteiger partial charge in [0.2, 0.25) is 5.95 Å². The molecule has 0 aliphatic heterocycles. The molecule has 38 heavy (non-hydrogen) atoms. The maximum Gasteiger partial charge on any atom is 0.417 e. The lowest BCUT2D eigenvalue weighted by molar-refractivity contribution is -0.138. The van der Waals surface area contributed by atoms with E-state index in [0.717, 1.165) is 0 Å². The fourth-order valence-electron chi connectivity index (χ4n) is 3.70. The van der Waals surface area contributed by atoms with Gasteiger partial charge in [0.25, 0.3) is 0 Å². The van der Waals surface area contributed by atoms with Crippen molar-refractivity contribution < 1.29 is 36.2 Å². The van der Waals surface area contributed by atoms with Crippen LogP contribution < -0.4 is 9.47 Å². The van der Waals surface area contributed by atoms with Gasteiger partial charge >= 0.3 is 6.18 Å². The Labute approximate surface area is 214 Å². The first-order valence-corrected chi connectivity index (χ1v) is 11.5. The molecule has 12 heteroatoms. The lowest BCUT2D eigenvalue weighted by Crippen LogP contribution is -2.09. The van der Waals surface area contributed by atoms with Crippen LogP contribution in [-0.4, -0.2) is 33.2 Å². The highest BCUT2D eigenvalue weighted by atomic mass is 19.4. The van der Waals surface area contributed by atoms with Gasteiger partial charge < -0.3 is 18.8 Å². The van der Waals surface area contributed by atoms with E-state index in [9.17, 15) is 22.0 Å². The van der Waals surface area contributed by atoms with Gasteiger partial charge in [0, 0.05) is 42.4 Å². The number of imidazole rings is 1. The molecule has 0 amide bonds. The summed E-state index contributed by atoms with van der Waals surface area (Å²) in [6.45, 7) is 3.77. The molecule has 0 radical (unpaired) electrons. The van der Waals surface area contributed by atoms with Crippen molar-refractivity contribution in [3.05, 3.63) is 78.0 Å². The van der Waals surface area contributed by atoms with E-state index in [2.05, 4.69) is 9.97 Å². The molecule has 1 atom stereocenters. The summed E-state index contributed by atoms with van der Waals surface area (Å²) >= 11 is 0. The van der Waals surface area contributed by atoms with Crippen LogP contribution in [0.5, 0.6) is 11.5 Å². The Morgan fingerprint density at radius 1 is 1.03 bits per heavy atom. The molecule has 3 aromatic heterocycles. The minimum atomic E-state index is -4.70. The minimum absolute atomic E-state index is 0.275. The fourth-order valence-corrected chi connectivity index (χ4v) is 3.70. The first kappa shape index (κ1) is 27.0. The molecule has 0 fully saturated rings. The minimum Gasteiger partial charge on any atom is -0.496 e. The first-order valence-electron chi connectivity index (χ1n) is 11.5. The average Bonchev–Trinajstić information content (AvgIpc) is 3.33. The maximum atomic E-state index is 14.1. The van der Waals surface area contributed by atoms with Crippen molar-refractivity contribution in [2.45, 2.75) is 32.9 Å². The summed E-state index contributed by atoms with van der Waals surface area (Å²) < 4.78 is 84.3. The third-order valence-corrected chi connectivity index (χ3v) is 5.59. The van der Waals surface area contributed by atoms with Gasteiger partial charge in [-0.2, -0.15) is 17.6 Å². The van der Waals surface area contributed by atoms with Crippen LogP contribution in [0.15, 0.2) is 55.0 Å². The Hall–Kier alpha value is -4.06. The molecule has 1 unspecified atom stereocenters. The molecule has 0 aliphatic carbocycles. The van der Waals surface area contributed by atoms with Gasteiger partial charge in [-0.15, -0.1) is 0 Å². The van der Waals surface area contributed by atoms with Gasteiger partial charge in [0.15, 0.2) is 0 Å². The predicted octanol–water partition coefficient (Wildman–Crippen LogP) is 6.45. The number of halogens is 5. The highest BCUT2D eigenvalue weighted by Crippen LogP contribution is 2.36. The van der Waals surface area contributed by atoms with E-state index in [4.69, 9.17) is 19.2 Å². The molecule has 200 valence electrons. The van der Waals surface area contributed by atoms with Gasteiger partial charge in [0.05, 0.1) is 18.4 Å². The van der Waals surface area contributed by atoms with E-state index in [-0.39, 0.29) is 17.7 Å². The zero-order valence-corrected chi connectivity index (χ0v) is 20.6. The second-order valence-electron chi connectivity index (χ2n) is 8.08. The van der Waals surface area contributed by atoms with Crippen molar-refractivity contribution in [2.24, 2.45) is 0 Å². The number of pyridine rings is 2. The molecule has 7 nitrogen and oxygen atoms in total. The number of ether oxygens (including phenoxy) is 3. The molecule has 3 heterocycles. The van der Waals surface area contributed by atoms with Crippen molar-refractivity contribution in [3.8, 4) is 34.1 Å². The first-order chi connectivity index (χ1) is 18.1. The number of alkyl halides is 3. The molecule has 0 saturated heterocycles. The van der Waals surface area contributed by atoms with Crippen molar-refractivity contribution in [3.63, 3.8) is 0 Å². The Kier molecular flexibility index (Phi) is 7.91. The molecule has 4 rings (SSSR count). The second-order valence-corrected chi connectivity index (χ2v) is 8.08. The van der Waals surface area contributed by atoms with Gasteiger partial charge in [0.1, 0.15) is 41.7 Å². The maximum absolute atomic E-state index is 14.1. The van der Waals surface area contributed by atoms with Crippen LogP contribution >= 0.6 is 0 Å². The zero-order chi connectivity index (χ0) is 27.4. The monoisotopic (exact) mass is 534 g/mol. The number of rotatable bonds is 9. The standard InChI is InChI=1S/C26H23F5N4O3/c1-4-37-15(2)35-13-21(34-25(35)16-5-8-24(28)33-11-16)19-7-6-18(10-23(19)36-3)38-14-22-20(27)9-17(12-32-22)26(29,30)31/h5-13,15H,4,14H2,1-3H3. The Morgan fingerprint density at radius 3 is 2.45 bits per heavy atom. The molecular formula is C26H23F5N4O3. The molecule has 0 spiro atoms. The van der Waals surface area contributed by atoms with Crippen LogP contribution in [0, 0.1) is 11.8 Å². The normalized spacial score (nSPS) is 12.4. The predicted molar refractivity (Wildman–Crippen MR) is 127 cm³/mol. The van der Waals surface area contributed by atoms with E-state index in [0.29, 0.717) is 47.3 Å². The summed E-state index contributed by atoms with van der Waals surface area (Å²) in [6.07, 6.45) is -1.39. The third kappa shape index (κ3) is 5.91. The summed E-state index contributed by atoms with van der Waals surface area (Å²) in [5, 5.41) is 0. The summed E-state index contributed by atoms with van der Waals surface area (Å²) in [5.74, 6) is -0.592. The molecular weight excluding hydrogens is 511 g/mol. The smallest absolute Gasteiger partial charge is 0.417 e.